The van der Waals surface area contributed by atoms with Crippen LogP contribution in [0.4, 0.5) is 0 Å². The van der Waals surface area contributed by atoms with Crippen LogP contribution >= 0.6 is 68.0 Å². The zero-order chi connectivity index (χ0) is 46.7. The van der Waals surface area contributed by atoms with Crippen molar-refractivity contribution >= 4 is 145 Å². The summed E-state index contributed by atoms with van der Waals surface area (Å²) in [5, 5.41) is 12.4. The van der Waals surface area contributed by atoms with E-state index in [9.17, 15) is 0 Å². The van der Waals surface area contributed by atoms with E-state index in [1.165, 1.54) is 127 Å². The van der Waals surface area contributed by atoms with Crippen LogP contribution in [0, 0.1) is 58.4 Å². The summed E-state index contributed by atoms with van der Waals surface area (Å²) >= 11 is 11.5. The largest absolute Gasteiger partial charge is 0.144 e. The maximum atomic E-state index is 4.32. The van der Waals surface area contributed by atoms with E-state index in [2.05, 4.69) is 177 Å². The summed E-state index contributed by atoms with van der Waals surface area (Å²) in [5.74, 6) is 12.1. The van der Waals surface area contributed by atoms with Crippen molar-refractivity contribution in [3.05, 3.63) is 82.6 Å². The van der Waals surface area contributed by atoms with Crippen LogP contribution in [0.1, 0.15) is 94.2 Å². The van der Waals surface area contributed by atoms with Crippen molar-refractivity contribution < 1.29 is 0 Å². The van der Waals surface area contributed by atoms with Gasteiger partial charge >= 0.3 is 0 Å². The second-order valence-corrected chi connectivity index (χ2v) is 36.3. The van der Waals surface area contributed by atoms with Gasteiger partial charge in [0.25, 0.3) is 0 Å². The van der Waals surface area contributed by atoms with E-state index in [0.29, 0.717) is 35.5 Å². The first kappa shape index (κ1) is 48.0. The molecule has 0 spiro atoms. The van der Waals surface area contributed by atoms with Gasteiger partial charge in [-0.25, -0.2) is 0 Å². The Labute approximate surface area is 420 Å². The second kappa shape index (κ2) is 19.4. The minimum atomic E-state index is -2.01. The third kappa shape index (κ3) is 10.2. The molecule has 342 valence electrons. The standard InChI is InChI=1S/C58H66S6Si2/c1-35(2)29-65(30-36(3)4,31-37(5)6)19-15-45-47-27-55(53-25-43-23-49-41(13-17-59-49)21-51(43)61-53)64-58(47)46(16-20-66(32-38(7)8,33-39(9)10)34-40(11)12)48-28-56(63-57(45)48)54-26-44-24-50-42(14-18-60-50)22-52(44)62-54/h13-14,17-18,21-28,35-40H,29-34H2,1-12H3. The Hall–Kier alpha value is -3.03. The Morgan fingerprint density at radius 1 is 0.379 bits per heavy atom. The SMILES string of the molecule is CC(C)C[Si](C#Cc1c2cc(-c3cc4cc5sccc5cc4s3)sc2c(C#C[Si](CC(C)C)(CC(C)C)CC(C)C)c2cc(-c3cc4cc5sccc5cc4s3)sc12)(CC(C)C)CC(C)C. The minimum absolute atomic E-state index is 0.626. The fourth-order valence-corrected chi connectivity index (χ4v) is 29.5. The Balaban J connectivity index is 1.35. The molecule has 0 N–H and O–H groups in total. The van der Waals surface area contributed by atoms with Crippen LogP contribution in [-0.2, 0) is 0 Å². The van der Waals surface area contributed by atoms with Crippen LogP contribution in [0.25, 0.3) is 80.0 Å². The highest BCUT2D eigenvalue weighted by Crippen LogP contribution is 2.49. The van der Waals surface area contributed by atoms with Crippen molar-refractivity contribution in [2.45, 2.75) is 119 Å². The number of benzene rings is 3. The van der Waals surface area contributed by atoms with Gasteiger partial charge in [0.1, 0.15) is 16.1 Å². The average molecular weight is 1010 g/mol. The van der Waals surface area contributed by atoms with Crippen molar-refractivity contribution in [3.63, 3.8) is 0 Å². The summed E-state index contributed by atoms with van der Waals surface area (Å²) in [7, 11) is -4.01. The fraction of sp³-hybridized carbons (Fsp3) is 0.414. The number of rotatable bonds is 14. The molecule has 0 saturated heterocycles. The van der Waals surface area contributed by atoms with Gasteiger partial charge in [0.05, 0.1) is 20.5 Å². The van der Waals surface area contributed by atoms with Gasteiger partial charge in [0.15, 0.2) is 0 Å². The third-order valence-electron chi connectivity index (χ3n) is 12.8. The lowest BCUT2D eigenvalue weighted by Crippen LogP contribution is -2.37. The summed E-state index contributed by atoms with van der Waals surface area (Å²) in [5.41, 5.74) is 11.1. The van der Waals surface area contributed by atoms with Gasteiger partial charge in [-0.1, -0.05) is 94.9 Å². The Morgan fingerprint density at radius 3 is 1.03 bits per heavy atom. The molecular weight excluding hydrogens is 945 g/mol. The fourth-order valence-electron chi connectivity index (χ4n) is 11.4. The number of hydrogen-bond donors (Lipinski definition) is 0. The highest BCUT2D eigenvalue weighted by molar-refractivity contribution is 7.30. The highest BCUT2D eigenvalue weighted by Gasteiger charge is 2.36. The topological polar surface area (TPSA) is 0 Å². The Morgan fingerprint density at radius 2 is 0.697 bits per heavy atom. The maximum absolute atomic E-state index is 4.32. The molecule has 6 aromatic heterocycles. The molecule has 9 aromatic rings. The highest BCUT2D eigenvalue weighted by atomic mass is 32.1. The molecule has 3 aromatic carbocycles. The van der Waals surface area contributed by atoms with Gasteiger partial charge < -0.3 is 0 Å². The first-order chi connectivity index (χ1) is 31.5. The molecule has 0 amide bonds. The van der Waals surface area contributed by atoms with Crippen molar-refractivity contribution in [2.24, 2.45) is 35.5 Å². The Kier molecular flexibility index (Phi) is 14.1. The maximum Gasteiger partial charge on any atom is 0.139 e. The molecule has 0 saturated carbocycles. The molecular formula is C58H66S6Si2. The molecule has 0 unspecified atom stereocenters. The Bertz CT molecular complexity index is 2900. The first-order valence-electron chi connectivity index (χ1n) is 24.4. The smallest absolute Gasteiger partial charge is 0.139 e. The van der Waals surface area contributed by atoms with Gasteiger partial charge in [-0.05, 0) is 165 Å². The van der Waals surface area contributed by atoms with Gasteiger partial charge in [0.2, 0.25) is 0 Å². The molecule has 0 atom stereocenters. The quantitative estimate of drug-likeness (QED) is 0.0752. The molecule has 66 heavy (non-hydrogen) atoms. The van der Waals surface area contributed by atoms with E-state index in [-0.39, 0.29) is 0 Å². The van der Waals surface area contributed by atoms with E-state index in [0.717, 1.165) is 0 Å². The number of thiophene rings is 6. The van der Waals surface area contributed by atoms with E-state index >= 15 is 0 Å². The molecule has 0 radical (unpaired) electrons. The molecule has 0 fully saturated rings. The number of hydrogen-bond acceptors (Lipinski definition) is 6. The van der Waals surface area contributed by atoms with Crippen molar-refractivity contribution in [1.82, 2.24) is 0 Å². The summed E-state index contributed by atoms with van der Waals surface area (Å²) in [6.07, 6.45) is 0. The first-order valence-corrected chi connectivity index (χ1v) is 34.6. The average Bonchev–Trinajstić information content (AvgIpc) is 4.06. The van der Waals surface area contributed by atoms with Crippen molar-refractivity contribution in [1.29, 1.82) is 0 Å². The predicted octanol–water partition coefficient (Wildman–Crippen LogP) is 20.9. The van der Waals surface area contributed by atoms with E-state index in [1.54, 1.807) is 0 Å². The minimum Gasteiger partial charge on any atom is -0.144 e. The normalized spacial score (nSPS) is 12.9. The molecule has 0 aliphatic carbocycles. The molecule has 0 aliphatic heterocycles. The number of fused-ring (bicyclic) bond motifs is 6. The zero-order valence-electron chi connectivity index (χ0n) is 41.1. The zero-order valence-corrected chi connectivity index (χ0v) is 48.0. The van der Waals surface area contributed by atoms with Crippen LogP contribution in [0.3, 0.4) is 0 Å². The van der Waals surface area contributed by atoms with Crippen LogP contribution in [-0.4, -0.2) is 16.1 Å². The van der Waals surface area contributed by atoms with Crippen LogP contribution < -0.4 is 0 Å². The lowest BCUT2D eigenvalue weighted by Gasteiger charge is -2.31. The summed E-state index contributed by atoms with van der Waals surface area (Å²) in [6, 6.07) is 31.6. The van der Waals surface area contributed by atoms with Crippen LogP contribution in [0.15, 0.2) is 71.4 Å². The van der Waals surface area contributed by atoms with Gasteiger partial charge in [-0.2, -0.15) is 0 Å². The molecule has 9 rings (SSSR count). The van der Waals surface area contributed by atoms with Crippen molar-refractivity contribution in [3.8, 4) is 42.4 Å². The molecule has 6 heterocycles. The van der Waals surface area contributed by atoms with Crippen molar-refractivity contribution in [2.75, 3.05) is 0 Å². The monoisotopic (exact) mass is 1010 g/mol. The summed E-state index contributed by atoms with van der Waals surface area (Å²) < 4.78 is 8.11. The lowest BCUT2D eigenvalue weighted by atomic mass is 10.0. The van der Waals surface area contributed by atoms with Gasteiger partial charge in [0, 0.05) is 49.1 Å². The van der Waals surface area contributed by atoms with Gasteiger partial charge in [-0.15, -0.1) is 79.1 Å². The molecule has 0 nitrogen and oxygen atoms in total. The van der Waals surface area contributed by atoms with E-state index in [4.69, 9.17) is 0 Å². The van der Waals surface area contributed by atoms with E-state index in [1.807, 2.05) is 68.0 Å². The van der Waals surface area contributed by atoms with Crippen LogP contribution in [0.2, 0.25) is 36.3 Å². The van der Waals surface area contributed by atoms with E-state index < -0.39 is 16.1 Å². The second-order valence-electron chi connectivity index (χ2n) is 22.0. The van der Waals surface area contributed by atoms with Crippen LogP contribution in [0.5, 0.6) is 0 Å². The molecule has 8 heteroatoms. The molecule has 0 aliphatic rings. The lowest BCUT2D eigenvalue weighted by molar-refractivity contribution is 0.650. The van der Waals surface area contributed by atoms with Gasteiger partial charge in [-0.3, -0.25) is 0 Å². The summed E-state index contributed by atoms with van der Waals surface area (Å²) in [6.45, 7) is 29.1. The third-order valence-corrected chi connectivity index (χ3v) is 30.4. The predicted molar refractivity (Wildman–Crippen MR) is 313 cm³/mol. The summed E-state index contributed by atoms with van der Waals surface area (Å²) in [4.78, 5) is 5.38. The molecule has 0 bridgehead atoms.